The molecule has 0 radical (unpaired) electrons. The van der Waals surface area contributed by atoms with Gasteiger partial charge in [-0.05, 0) is 30.4 Å². The zero-order valence-electron chi connectivity index (χ0n) is 16.7. The van der Waals surface area contributed by atoms with E-state index in [9.17, 15) is 9.59 Å². The number of nitrogen functional groups attached to an aromatic ring is 1. The van der Waals surface area contributed by atoms with Crippen molar-refractivity contribution in [3.63, 3.8) is 0 Å². The average Bonchev–Trinajstić information content (AvgIpc) is 3.24. The number of nitrogens with one attached hydrogen (secondary N) is 1. The molecule has 3 aromatic rings. The monoisotopic (exact) mass is 442 g/mol. The Balaban J connectivity index is 1.39. The van der Waals surface area contributed by atoms with E-state index in [0.29, 0.717) is 18.6 Å². The summed E-state index contributed by atoms with van der Waals surface area (Å²) in [5.41, 5.74) is 5.10. The minimum atomic E-state index is -1.57. The number of hydrogen-bond acceptors (Lipinski definition) is 8. The fourth-order valence-corrected chi connectivity index (χ4v) is 4.46. The van der Waals surface area contributed by atoms with Crippen LogP contribution in [-0.2, 0) is 14.1 Å². The van der Waals surface area contributed by atoms with Gasteiger partial charge in [-0.2, -0.15) is 4.98 Å². The van der Waals surface area contributed by atoms with Crippen molar-refractivity contribution in [1.82, 2.24) is 14.6 Å². The van der Waals surface area contributed by atoms with E-state index in [2.05, 4.69) is 10.1 Å². The third-order valence-corrected chi connectivity index (χ3v) is 6.05. The summed E-state index contributed by atoms with van der Waals surface area (Å²) in [5.74, 6) is 0.851. The number of anilines is 1. The minimum Gasteiger partial charge on any atom is -0.435 e. The van der Waals surface area contributed by atoms with Gasteiger partial charge in [-0.15, -0.1) is 0 Å². The maximum Gasteiger partial charge on any atom is 0.351 e. The van der Waals surface area contributed by atoms with Crippen molar-refractivity contribution in [1.29, 1.82) is 0 Å². The molecule has 3 atom stereocenters. The molecule has 1 aliphatic rings. The lowest BCUT2D eigenvalue weighted by molar-refractivity contribution is -0.106. The van der Waals surface area contributed by atoms with Crippen molar-refractivity contribution < 1.29 is 18.6 Å². The van der Waals surface area contributed by atoms with E-state index in [1.807, 2.05) is 42.5 Å². The maximum absolute atomic E-state index is 12.0. The Labute approximate surface area is 180 Å². The van der Waals surface area contributed by atoms with Crippen LogP contribution in [0.5, 0.6) is 5.75 Å². The van der Waals surface area contributed by atoms with E-state index in [1.165, 1.54) is 4.57 Å². The summed E-state index contributed by atoms with van der Waals surface area (Å²) >= 11 is 0. The summed E-state index contributed by atoms with van der Waals surface area (Å²) in [5, 5.41) is 4.99. The molecular formula is C21H23N4O5P. The molecule has 3 N–H and O–H groups in total. The van der Waals surface area contributed by atoms with Crippen molar-refractivity contribution in [2.45, 2.75) is 25.2 Å². The lowest BCUT2D eigenvalue weighted by Crippen LogP contribution is -2.28. The van der Waals surface area contributed by atoms with E-state index in [0.717, 1.165) is 17.1 Å². The molecule has 1 aliphatic heterocycles. The van der Waals surface area contributed by atoms with Gasteiger partial charge in [0.15, 0.2) is 0 Å². The Morgan fingerprint density at radius 2 is 2.06 bits per heavy atom. The third kappa shape index (κ3) is 5.26. The fourth-order valence-electron chi connectivity index (χ4n) is 3.39. The lowest BCUT2D eigenvalue weighted by Gasteiger charge is -2.21. The van der Waals surface area contributed by atoms with Gasteiger partial charge in [0.05, 0.1) is 19.3 Å². The second kappa shape index (κ2) is 9.98. The number of nitrogens with zero attached hydrogens (tertiary/aromatic N) is 2. The van der Waals surface area contributed by atoms with E-state index >= 15 is 0 Å². The van der Waals surface area contributed by atoms with Crippen LogP contribution >= 0.6 is 8.53 Å². The van der Waals surface area contributed by atoms with Crippen LogP contribution in [0, 0.1) is 0 Å². The molecule has 3 unspecified atom stereocenters. The van der Waals surface area contributed by atoms with Crippen LogP contribution in [0.3, 0.4) is 0 Å². The molecule has 0 saturated carbocycles. The SMILES string of the molecule is Nc1ccn(C2CCC(COP(NCC=O)Oc3cccc4ccccc34)O2)c(=O)n1. The third-order valence-electron chi connectivity index (χ3n) is 4.86. The Morgan fingerprint density at radius 1 is 1.23 bits per heavy atom. The Kier molecular flexibility index (Phi) is 6.89. The first kappa shape index (κ1) is 21.4. The van der Waals surface area contributed by atoms with E-state index in [-0.39, 0.29) is 25.1 Å². The van der Waals surface area contributed by atoms with Gasteiger partial charge in [-0.3, -0.25) is 4.57 Å². The van der Waals surface area contributed by atoms with Crippen LogP contribution in [-0.4, -0.2) is 35.1 Å². The van der Waals surface area contributed by atoms with Crippen molar-refractivity contribution in [2.75, 3.05) is 18.9 Å². The van der Waals surface area contributed by atoms with Crippen molar-refractivity contribution in [3.8, 4) is 5.75 Å². The molecule has 9 nitrogen and oxygen atoms in total. The highest BCUT2D eigenvalue weighted by molar-refractivity contribution is 7.45. The van der Waals surface area contributed by atoms with Crippen molar-refractivity contribution >= 4 is 31.4 Å². The first-order valence-corrected chi connectivity index (χ1v) is 11.1. The average molecular weight is 442 g/mol. The van der Waals surface area contributed by atoms with Gasteiger partial charge in [-0.1, -0.05) is 36.4 Å². The second-order valence-corrected chi connectivity index (χ2v) is 8.25. The molecule has 1 fully saturated rings. The summed E-state index contributed by atoms with van der Waals surface area (Å²) < 4.78 is 19.4. The highest BCUT2D eigenvalue weighted by Crippen LogP contribution is 2.39. The molecule has 0 spiro atoms. The molecule has 10 heteroatoms. The number of hydrogen-bond donors (Lipinski definition) is 2. The maximum atomic E-state index is 12.0. The number of ether oxygens (including phenoxy) is 1. The number of nitrogens with two attached hydrogens (primary N) is 1. The minimum absolute atomic E-state index is 0.108. The molecule has 31 heavy (non-hydrogen) atoms. The standard InChI is InChI=1S/C21H23N4O5P/c22-19-10-12-25(21(27)24-19)20-9-8-16(29-20)14-28-31(23-11-13-26)30-18-7-3-5-15-4-1-2-6-17(15)18/h1-7,10,12-13,16,20,23H,8-9,11,14H2,(H2,22,24,27). The molecule has 2 aromatic carbocycles. The normalized spacial score (nSPS) is 19.4. The van der Waals surface area contributed by atoms with Gasteiger partial charge in [0, 0.05) is 11.6 Å². The summed E-state index contributed by atoms with van der Waals surface area (Å²) in [7, 11) is -1.57. The van der Waals surface area contributed by atoms with Gasteiger partial charge in [0.1, 0.15) is 24.1 Å². The lowest BCUT2D eigenvalue weighted by atomic mass is 10.1. The van der Waals surface area contributed by atoms with Gasteiger partial charge >= 0.3 is 14.2 Å². The van der Waals surface area contributed by atoms with Gasteiger partial charge in [0.2, 0.25) is 0 Å². The predicted octanol–water partition coefficient (Wildman–Crippen LogP) is 2.77. The topological polar surface area (TPSA) is 118 Å². The van der Waals surface area contributed by atoms with Crippen LogP contribution in [0.25, 0.3) is 10.8 Å². The summed E-state index contributed by atoms with van der Waals surface area (Å²) in [6.45, 7) is 0.368. The Bertz CT molecular complexity index is 1100. The zero-order chi connectivity index (χ0) is 21.6. The van der Waals surface area contributed by atoms with Gasteiger partial charge < -0.3 is 24.3 Å². The number of fused-ring (bicyclic) bond motifs is 1. The summed E-state index contributed by atoms with van der Waals surface area (Å²) in [4.78, 5) is 26.6. The Morgan fingerprint density at radius 3 is 2.90 bits per heavy atom. The van der Waals surface area contributed by atoms with E-state index in [4.69, 9.17) is 19.5 Å². The molecule has 0 aliphatic carbocycles. The number of rotatable bonds is 9. The smallest absolute Gasteiger partial charge is 0.351 e. The number of carbonyl (C=O) groups excluding carboxylic acids is 1. The molecule has 162 valence electrons. The zero-order valence-corrected chi connectivity index (χ0v) is 17.6. The molecule has 0 bridgehead atoms. The first-order chi connectivity index (χ1) is 15.1. The highest BCUT2D eigenvalue weighted by Gasteiger charge is 2.29. The van der Waals surface area contributed by atoms with E-state index in [1.54, 1.807) is 12.3 Å². The van der Waals surface area contributed by atoms with Gasteiger partial charge in [0.25, 0.3) is 0 Å². The molecular weight excluding hydrogens is 419 g/mol. The number of carbonyl (C=O) groups is 1. The van der Waals surface area contributed by atoms with Crippen molar-refractivity contribution in [2.24, 2.45) is 0 Å². The molecule has 4 rings (SSSR count). The van der Waals surface area contributed by atoms with Crippen molar-refractivity contribution in [3.05, 3.63) is 65.2 Å². The molecule has 1 saturated heterocycles. The number of benzene rings is 2. The second-order valence-electron chi connectivity index (χ2n) is 6.98. The summed E-state index contributed by atoms with van der Waals surface area (Å²) in [6, 6.07) is 15.2. The molecule has 1 aromatic heterocycles. The molecule has 0 amide bonds. The van der Waals surface area contributed by atoms with Crippen LogP contribution in [0.4, 0.5) is 5.82 Å². The highest BCUT2D eigenvalue weighted by atomic mass is 31.2. The number of aromatic nitrogens is 2. The first-order valence-electron chi connectivity index (χ1n) is 9.90. The van der Waals surface area contributed by atoms with Crippen LogP contribution in [0.1, 0.15) is 19.1 Å². The van der Waals surface area contributed by atoms with Crippen LogP contribution in [0.2, 0.25) is 0 Å². The predicted molar refractivity (Wildman–Crippen MR) is 118 cm³/mol. The molecule has 2 heterocycles. The Hall–Kier alpha value is -2.84. The quantitative estimate of drug-likeness (QED) is 0.384. The van der Waals surface area contributed by atoms with Crippen LogP contribution < -0.4 is 21.0 Å². The van der Waals surface area contributed by atoms with E-state index < -0.39 is 20.4 Å². The van der Waals surface area contributed by atoms with Crippen LogP contribution in [0.15, 0.2) is 59.5 Å². The fraction of sp³-hybridized carbons (Fsp3) is 0.286. The largest absolute Gasteiger partial charge is 0.435 e. The number of aldehydes is 1. The summed E-state index contributed by atoms with van der Waals surface area (Å²) in [6.07, 6.45) is 3.08. The van der Waals surface area contributed by atoms with Gasteiger partial charge in [-0.25, -0.2) is 9.88 Å².